The molecular weight excluding hydrogens is 438 g/mol. The van der Waals surface area contributed by atoms with Crippen LogP contribution in [0.2, 0.25) is 0 Å². The zero-order valence-corrected chi connectivity index (χ0v) is 20.0. The summed E-state index contributed by atoms with van der Waals surface area (Å²) in [5, 5.41) is 11.4. The minimum absolute atomic E-state index is 0.139. The molecule has 0 spiro atoms. The second-order valence-corrected chi connectivity index (χ2v) is 8.54. The summed E-state index contributed by atoms with van der Waals surface area (Å²) in [6.07, 6.45) is 0. The summed E-state index contributed by atoms with van der Waals surface area (Å²) in [7, 11) is 0. The third kappa shape index (κ3) is 4.36. The molecule has 0 atom stereocenters. The second-order valence-electron chi connectivity index (χ2n) is 8.54. The Bertz CT molecular complexity index is 1510. The van der Waals surface area contributed by atoms with Crippen molar-refractivity contribution in [1.82, 2.24) is 15.1 Å². The molecule has 1 amide bonds. The molecule has 7 nitrogen and oxygen atoms in total. The summed E-state index contributed by atoms with van der Waals surface area (Å²) in [5.41, 5.74) is 7.35. The minimum Gasteiger partial charge on any atom is -0.361 e. The molecule has 5 rings (SSSR count). The van der Waals surface area contributed by atoms with Crippen molar-refractivity contribution in [2.75, 3.05) is 10.6 Å². The quantitative estimate of drug-likeness (QED) is 0.308. The van der Waals surface area contributed by atoms with E-state index in [4.69, 9.17) is 14.5 Å². The van der Waals surface area contributed by atoms with Gasteiger partial charge >= 0.3 is 0 Å². The number of rotatable bonds is 5. The van der Waals surface area contributed by atoms with Crippen molar-refractivity contribution in [2.24, 2.45) is 0 Å². The molecule has 0 aliphatic rings. The van der Waals surface area contributed by atoms with Crippen LogP contribution in [0.15, 0.2) is 71.3 Å². The molecule has 0 unspecified atom stereocenters. The maximum Gasteiger partial charge on any atom is 0.255 e. The van der Waals surface area contributed by atoms with Crippen molar-refractivity contribution in [3.63, 3.8) is 0 Å². The van der Waals surface area contributed by atoms with Crippen LogP contribution in [0.3, 0.4) is 0 Å². The van der Waals surface area contributed by atoms with Crippen LogP contribution in [-0.4, -0.2) is 21.0 Å². The van der Waals surface area contributed by atoms with E-state index in [0.29, 0.717) is 17.3 Å². The highest BCUT2D eigenvalue weighted by molar-refractivity contribution is 6.05. The molecule has 0 fully saturated rings. The van der Waals surface area contributed by atoms with Gasteiger partial charge in [0.2, 0.25) is 5.95 Å². The van der Waals surface area contributed by atoms with Gasteiger partial charge in [0.05, 0.1) is 22.5 Å². The van der Waals surface area contributed by atoms with Crippen LogP contribution >= 0.6 is 0 Å². The fraction of sp³-hybridized carbons (Fsp3) is 0.143. The summed E-state index contributed by atoms with van der Waals surface area (Å²) >= 11 is 0. The van der Waals surface area contributed by atoms with E-state index in [1.54, 1.807) is 12.1 Å². The third-order valence-electron chi connectivity index (χ3n) is 5.94. The first-order chi connectivity index (χ1) is 16.9. The second kappa shape index (κ2) is 9.02. The molecular formula is C28H25N5O2. The fourth-order valence-electron chi connectivity index (χ4n) is 4.28. The van der Waals surface area contributed by atoms with E-state index in [9.17, 15) is 4.79 Å². The van der Waals surface area contributed by atoms with Crippen molar-refractivity contribution in [1.29, 1.82) is 0 Å². The number of hydrogen-bond donors (Lipinski definition) is 2. The lowest BCUT2D eigenvalue weighted by molar-refractivity contribution is 0.102. The summed E-state index contributed by atoms with van der Waals surface area (Å²) in [4.78, 5) is 22.2. The normalized spacial score (nSPS) is 11.0. The summed E-state index contributed by atoms with van der Waals surface area (Å²) in [5.74, 6) is 1.04. The van der Waals surface area contributed by atoms with Gasteiger partial charge < -0.3 is 15.2 Å². The van der Waals surface area contributed by atoms with Gasteiger partial charge in [-0.1, -0.05) is 41.6 Å². The number of anilines is 3. The standard InChI is InChI=1S/C28H25N5O2/c1-16-14-21(15-17(2)25(16)31-27(34)20-10-6-5-7-11-20)29-28-30-23-13-9-8-12-22(23)26(32-28)24-18(3)33-35-19(24)4/h5-15H,1-4H3,(H,31,34)(H,29,30,32). The molecule has 0 aliphatic heterocycles. The van der Waals surface area contributed by atoms with E-state index in [2.05, 4.69) is 15.8 Å². The van der Waals surface area contributed by atoms with E-state index < -0.39 is 0 Å². The minimum atomic E-state index is -0.139. The van der Waals surface area contributed by atoms with Crippen LogP contribution in [0, 0.1) is 27.7 Å². The largest absolute Gasteiger partial charge is 0.361 e. The summed E-state index contributed by atoms with van der Waals surface area (Å²) in [6.45, 7) is 7.73. The number of carbonyl (C=O) groups excluding carboxylic acids is 1. The van der Waals surface area contributed by atoms with Gasteiger partial charge in [0, 0.05) is 22.3 Å². The van der Waals surface area contributed by atoms with Gasteiger partial charge in [0.15, 0.2) is 0 Å². The summed E-state index contributed by atoms with van der Waals surface area (Å²) in [6, 6.07) is 21.0. The number of benzene rings is 3. The van der Waals surface area contributed by atoms with Gasteiger partial charge in [0.1, 0.15) is 5.76 Å². The Hall–Kier alpha value is -4.52. The highest BCUT2D eigenvalue weighted by atomic mass is 16.5. The van der Waals surface area contributed by atoms with Crippen LogP contribution in [-0.2, 0) is 0 Å². The lowest BCUT2D eigenvalue weighted by atomic mass is 10.1. The first-order valence-corrected chi connectivity index (χ1v) is 11.4. The average molecular weight is 464 g/mol. The number of hydrogen-bond acceptors (Lipinski definition) is 6. The molecule has 0 aliphatic carbocycles. The first kappa shape index (κ1) is 22.3. The van der Waals surface area contributed by atoms with Crippen molar-refractivity contribution in [3.8, 4) is 11.3 Å². The Balaban J connectivity index is 1.49. The Morgan fingerprint density at radius 3 is 2.23 bits per heavy atom. The van der Waals surface area contributed by atoms with Gasteiger partial charge in [-0.3, -0.25) is 4.79 Å². The molecule has 0 bridgehead atoms. The van der Waals surface area contributed by atoms with Crippen LogP contribution < -0.4 is 10.6 Å². The number of fused-ring (bicyclic) bond motifs is 1. The zero-order chi connectivity index (χ0) is 24.5. The molecule has 5 aromatic rings. The molecule has 3 aromatic carbocycles. The predicted octanol–water partition coefficient (Wildman–Crippen LogP) is 6.51. The first-order valence-electron chi connectivity index (χ1n) is 11.4. The van der Waals surface area contributed by atoms with E-state index in [1.165, 1.54) is 0 Å². The molecule has 2 aromatic heterocycles. The number of nitrogens with zero attached hydrogens (tertiary/aromatic N) is 3. The Morgan fingerprint density at radius 1 is 0.857 bits per heavy atom. The molecule has 174 valence electrons. The van der Waals surface area contributed by atoms with Crippen LogP contribution in [0.5, 0.6) is 0 Å². The highest BCUT2D eigenvalue weighted by Crippen LogP contribution is 2.33. The Morgan fingerprint density at radius 2 is 1.54 bits per heavy atom. The van der Waals surface area contributed by atoms with Gasteiger partial charge in [-0.2, -0.15) is 0 Å². The fourth-order valence-corrected chi connectivity index (χ4v) is 4.28. The van der Waals surface area contributed by atoms with Gasteiger partial charge in [0.25, 0.3) is 5.91 Å². The lowest BCUT2D eigenvalue weighted by Crippen LogP contribution is -2.14. The summed E-state index contributed by atoms with van der Waals surface area (Å²) < 4.78 is 5.40. The monoisotopic (exact) mass is 463 g/mol. The zero-order valence-electron chi connectivity index (χ0n) is 20.0. The number of aromatic nitrogens is 3. The number of nitrogens with one attached hydrogen (secondary N) is 2. The van der Waals surface area contributed by atoms with Crippen molar-refractivity contribution < 1.29 is 9.32 Å². The van der Waals surface area contributed by atoms with Gasteiger partial charge in [-0.25, -0.2) is 9.97 Å². The topological polar surface area (TPSA) is 92.9 Å². The number of amides is 1. The maximum absolute atomic E-state index is 12.7. The number of para-hydroxylation sites is 1. The number of aryl methyl sites for hydroxylation is 4. The molecule has 0 saturated carbocycles. The lowest BCUT2D eigenvalue weighted by Gasteiger charge is -2.15. The molecule has 0 saturated heterocycles. The molecule has 35 heavy (non-hydrogen) atoms. The van der Waals surface area contributed by atoms with Crippen LogP contribution in [0.4, 0.5) is 17.3 Å². The van der Waals surface area contributed by atoms with Crippen molar-refractivity contribution in [3.05, 3.63) is 94.9 Å². The highest BCUT2D eigenvalue weighted by Gasteiger charge is 2.18. The van der Waals surface area contributed by atoms with E-state index in [1.807, 2.05) is 82.3 Å². The SMILES string of the molecule is Cc1cc(Nc2nc(-c3c(C)noc3C)c3ccccc3n2)cc(C)c1NC(=O)c1ccccc1. The molecule has 0 radical (unpaired) electrons. The van der Waals surface area contributed by atoms with E-state index in [-0.39, 0.29) is 5.91 Å². The smallest absolute Gasteiger partial charge is 0.255 e. The van der Waals surface area contributed by atoms with Crippen molar-refractivity contribution >= 4 is 34.1 Å². The van der Waals surface area contributed by atoms with E-state index >= 15 is 0 Å². The van der Waals surface area contributed by atoms with E-state index in [0.717, 1.165) is 50.4 Å². The Labute approximate surface area is 203 Å². The predicted molar refractivity (Wildman–Crippen MR) is 138 cm³/mol. The van der Waals surface area contributed by atoms with Crippen LogP contribution in [0.25, 0.3) is 22.2 Å². The third-order valence-corrected chi connectivity index (χ3v) is 5.94. The van der Waals surface area contributed by atoms with Crippen LogP contribution in [0.1, 0.15) is 32.9 Å². The average Bonchev–Trinajstić information content (AvgIpc) is 3.19. The molecule has 7 heteroatoms. The van der Waals surface area contributed by atoms with Gasteiger partial charge in [-0.15, -0.1) is 0 Å². The Kier molecular flexibility index (Phi) is 5.74. The van der Waals surface area contributed by atoms with Gasteiger partial charge in [-0.05, 0) is 69.2 Å². The maximum atomic E-state index is 12.7. The molecule has 2 heterocycles. The van der Waals surface area contributed by atoms with Crippen molar-refractivity contribution in [2.45, 2.75) is 27.7 Å². The number of carbonyl (C=O) groups is 1. The molecule has 2 N–H and O–H groups in total.